The lowest BCUT2D eigenvalue weighted by Gasteiger charge is -2.23. The maximum Gasteiger partial charge on any atom is 0.150 e. The van der Waals surface area contributed by atoms with E-state index in [2.05, 4.69) is 20.9 Å². The number of hydrogen-bond donors (Lipinski definition) is 1. The van der Waals surface area contributed by atoms with E-state index in [1.165, 1.54) is 6.42 Å². The van der Waals surface area contributed by atoms with Crippen LogP contribution in [0.15, 0.2) is 67.5 Å². The first kappa shape index (κ1) is 18.0. The topological polar surface area (TPSA) is 78.3 Å². The molecular formula is C22H23N5O. The van der Waals surface area contributed by atoms with Gasteiger partial charge in [0.05, 0.1) is 11.9 Å². The van der Waals surface area contributed by atoms with Gasteiger partial charge in [-0.1, -0.05) is 13.0 Å². The SMILES string of the molecule is C=C(/C=C\C(=C/C)Oc1cccnc1)c1nc(C2CCC2)n2ccnc(N)c12. The molecule has 0 spiro atoms. The number of hydrogen-bond acceptors (Lipinski definition) is 5. The maximum absolute atomic E-state index is 6.17. The fourth-order valence-electron chi connectivity index (χ4n) is 3.26. The van der Waals surface area contributed by atoms with Crippen molar-refractivity contribution in [3.63, 3.8) is 0 Å². The Labute approximate surface area is 164 Å². The number of aromatic nitrogens is 4. The van der Waals surface area contributed by atoms with Crippen molar-refractivity contribution < 1.29 is 4.74 Å². The van der Waals surface area contributed by atoms with Gasteiger partial charge in [0.25, 0.3) is 0 Å². The summed E-state index contributed by atoms with van der Waals surface area (Å²) in [6.07, 6.45) is 16.2. The quantitative estimate of drug-likeness (QED) is 0.507. The number of pyridine rings is 1. The van der Waals surface area contributed by atoms with Gasteiger partial charge in [-0.15, -0.1) is 0 Å². The first-order valence-corrected chi connectivity index (χ1v) is 9.41. The molecule has 6 heteroatoms. The molecule has 3 aromatic rings. The van der Waals surface area contributed by atoms with Gasteiger partial charge < -0.3 is 10.5 Å². The summed E-state index contributed by atoms with van der Waals surface area (Å²) in [7, 11) is 0. The van der Waals surface area contributed by atoms with E-state index in [9.17, 15) is 0 Å². The highest BCUT2D eigenvalue weighted by Gasteiger charge is 2.26. The number of imidazole rings is 1. The highest BCUT2D eigenvalue weighted by Crippen LogP contribution is 2.38. The largest absolute Gasteiger partial charge is 0.456 e. The molecule has 1 saturated carbocycles. The Kier molecular flexibility index (Phi) is 4.93. The second kappa shape index (κ2) is 7.68. The number of ether oxygens (including phenoxy) is 1. The van der Waals surface area contributed by atoms with Gasteiger partial charge in [-0.3, -0.25) is 9.38 Å². The number of fused-ring (bicyclic) bond motifs is 1. The Bertz CT molecular complexity index is 1060. The molecule has 3 aromatic heterocycles. The number of rotatable bonds is 6. The van der Waals surface area contributed by atoms with E-state index in [1.54, 1.807) is 18.6 Å². The van der Waals surface area contributed by atoms with Gasteiger partial charge in [0.2, 0.25) is 0 Å². The summed E-state index contributed by atoms with van der Waals surface area (Å²) in [6, 6.07) is 3.69. The molecule has 1 aliphatic carbocycles. The minimum absolute atomic E-state index is 0.461. The van der Waals surface area contributed by atoms with Crippen LogP contribution < -0.4 is 10.5 Å². The van der Waals surface area contributed by atoms with Crippen LogP contribution in [-0.4, -0.2) is 19.4 Å². The molecule has 0 bridgehead atoms. The van der Waals surface area contributed by atoms with E-state index in [-0.39, 0.29) is 0 Å². The van der Waals surface area contributed by atoms with Crippen LogP contribution in [0.1, 0.15) is 43.6 Å². The molecule has 0 saturated heterocycles. The second-order valence-corrected chi connectivity index (χ2v) is 6.82. The molecule has 3 heterocycles. The summed E-state index contributed by atoms with van der Waals surface area (Å²) in [4.78, 5) is 13.2. The molecule has 0 aromatic carbocycles. The Balaban J connectivity index is 1.62. The van der Waals surface area contributed by atoms with Crippen molar-refractivity contribution in [1.29, 1.82) is 0 Å². The molecule has 0 radical (unpaired) electrons. The minimum atomic E-state index is 0.461. The normalized spacial score (nSPS) is 15.1. The van der Waals surface area contributed by atoms with Gasteiger partial charge in [0, 0.05) is 24.5 Å². The van der Waals surface area contributed by atoms with Crippen LogP contribution in [0.5, 0.6) is 5.75 Å². The first-order chi connectivity index (χ1) is 13.7. The number of anilines is 1. The van der Waals surface area contributed by atoms with Gasteiger partial charge in [0.15, 0.2) is 0 Å². The van der Waals surface area contributed by atoms with Crippen molar-refractivity contribution in [3.8, 4) is 5.75 Å². The summed E-state index contributed by atoms with van der Waals surface area (Å²) < 4.78 is 7.90. The van der Waals surface area contributed by atoms with Gasteiger partial charge >= 0.3 is 0 Å². The van der Waals surface area contributed by atoms with E-state index in [0.29, 0.717) is 23.2 Å². The zero-order valence-electron chi connectivity index (χ0n) is 15.9. The summed E-state index contributed by atoms with van der Waals surface area (Å²) in [5.41, 5.74) is 8.51. The number of nitrogens with two attached hydrogens (primary N) is 1. The Morgan fingerprint density at radius 1 is 1.32 bits per heavy atom. The molecule has 1 aliphatic rings. The predicted molar refractivity (Wildman–Crippen MR) is 111 cm³/mol. The average Bonchev–Trinajstić information content (AvgIpc) is 3.05. The molecule has 0 amide bonds. The standard InChI is InChI=1S/C22H23N5O/c1-3-17(28-18-8-5-11-24-14-18)10-9-15(2)19-20-21(23)25-12-13-27(20)22(26-19)16-6-4-7-16/h3,5,8-14,16H,2,4,6-7H2,1H3,(H2,23,25)/b10-9-,17-3+. The van der Waals surface area contributed by atoms with Crippen LogP contribution in [0.25, 0.3) is 11.1 Å². The predicted octanol–water partition coefficient (Wildman–Crippen LogP) is 4.53. The smallest absolute Gasteiger partial charge is 0.150 e. The summed E-state index contributed by atoms with van der Waals surface area (Å²) in [6.45, 7) is 6.12. The van der Waals surface area contributed by atoms with Crippen molar-refractivity contribution in [2.45, 2.75) is 32.1 Å². The Morgan fingerprint density at radius 2 is 2.18 bits per heavy atom. The van der Waals surface area contributed by atoms with Gasteiger partial charge in [-0.2, -0.15) is 0 Å². The fraction of sp³-hybridized carbons (Fsp3) is 0.227. The minimum Gasteiger partial charge on any atom is -0.456 e. The molecule has 2 N–H and O–H groups in total. The Morgan fingerprint density at radius 3 is 2.86 bits per heavy atom. The molecule has 4 rings (SSSR count). The molecular weight excluding hydrogens is 350 g/mol. The van der Waals surface area contributed by atoms with E-state index in [1.807, 2.05) is 43.5 Å². The number of nitrogens with zero attached hydrogens (tertiary/aromatic N) is 4. The van der Waals surface area contributed by atoms with Crippen molar-refractivity contribution in [2.24, 2.45) is 0 Å². The fourth-order valence-corrected chi connectivity index (χ4v) is 3.26. The van der Waals surface area contributed by atoms with E-state index >= 15 is 0 Å². The van der Waals surface area contributed by atoms with Gasteiger partial charge in [0.1, 0.15) is 28.7 Å². The van der Waals surface area contributed by atoms with Crippen LogP contribution in [0.4, 0.5) is 5.82 Å². The molecule has 142 valence electrons. The average molecular weight is 373 g/mol. The lowest BCUT2D eigenvalue weighted by Crippen LogP contribution is -2.12. The Hall–Kier alpha value is -3.41. The van der Waals surface area contributed by atoms with Gasteiger partial charge in [-0.25, -0.2) is 9.97 Å². The molecule has 28 heavy (non-hydrogen) atoms. The van der Waals surface area contributed by atoms with Crippen molar-refractivity contribution in [2.75, 3.05) is 5.73 Å². The molecule has 1 fully saturated rings. The highest BCUT2D eigenvalue weighted by molar-refractivity contribution is 5.86. The summed E-state index contributed by atoms with van der Waals surface area (Å²) >= 11 is 0. The second-order valence-electron chi connectivity index (χ2n) is 6.82. The monoisotopic (exact) mass is 373 g/mol. The third kappa shape index (κ3) is 3.41. The van der Waals surface area contributed by atoms with E-state index in [4.69, 9.17) is 15.5 Å². The highest BCUT2D eigenvalue weighted by atomic mass is 16.5. The zero-order chi connectivity index (χ0) is 19.5. The van der Waals surface area contributed by atoms with Crippen LogP contribution in [0.3, 0.4) is 0 Å². The zero-order valence-corrected chi connectivity index (χ0v) is 15.9. The van der Waals surface area contributed by atoms with Crippen molar-refractivity contribution >= 4 is 16.9 Å². The molecule has 6 nitrogen and oxygen atoms in total. The van der Waals surface area contributed by atoms with Gasteiger partial charge in [-0.05, 0) is 55.7 Å². The van der Waals surface area contributed by atoms with Crippen LogP contribution in [0, 0.1) is 0 Å². The van der Waals surface area contributed by atoms with E-state index < -0.39 is 0 Å². The van der Waals surface area contributed by atoms with Crippen LogP contribution >= 0.6 is 0 Å². The third-order valence-corrected chi connectivity index (χ3v) is 4.99. The summed E-state index contributed by atoms with van der Waals surface area (Å²) in [5.74, 6) is 3.35. The van der Waals surface area contributed by atoms with Crippen molar-refractivity contribution in [1.82, 2.24) is 19.4 Å². The van der Waals surface area contributed by atoms with Crippen LogP contribution in [0.2, 0.25) is 0 Å². The number of nitrogen functional groups attached to an aromatic ring is 1. The lowest BCUT2D eigenvalue weighted by molar-refractivity contribution is 0.400. The lowest BCUT2D eigenvalue weighted by atomic mass is 9.85. The molecule has 0 aliphatic heterocycles. The first-order valence-electron chi connectivity index (χ1n) is 9.41. The summed E-state index contributed by atoms with van der Waals surface area (Å²) in [5, 5.41) is 0. The third-order valence-electron chi connectivity index (χ3n) is 4.99. The van der Waals surface area contributed by atoms with Crippen LogP contribution in [-0.2, 0) is 0 Å². The van der Waals surface area contributed by atoms with Crippen molar-refractivity contribution in [3.05, 3.63) is 79.0 Å². The van der Waals surface area contributed by atoms with E-state index in [0.717, 1.165) is 35.4 Å². The maximum atomic E-state index is 6.17. The molecule has 0 atom stereocenters. The molecule has 0 unspecified atom stereocenters. The number of allylic oxidation sites excluding steroid dienone is 4.